The van der Waals surface area contributed by atoms with E-state index < -0.39 is 42.7 Å². The first kappa shape index (κ1) is 22.5. The predicted molar refractivity (Wildman–Crippen MR) is 107 cm³/mol. The highest BCUT2D eigenvalue weighted by molar-refractivity contribution is 5.97. The van der Waals surface area contributed by atoms with Crippen molar-refractivity contribution in [1.82, 2.24) is 10.6 Å². The number of ether oxygens (including phenoxy) is 1. The van der Waals surface area contributed by atoms with Crippen LogP contribution >= 0.6 is 0 Å². The summed E-state index contributed by atoms with van der Waals surface area (Å²) >= 11 is 0. The van der Waals surface area contributed by atoms with Gasteiger partial charge in [0.05, 0.1) is 6.54 Å². The summed E-state index contributed by atoms with van der Waals surface area (Å²) in [5, 5.41) is 7.36. The molecular weight excluding hydrogens is 393 g/mol. The highest BCUT2D eigenvalue weighted by Crippen LogP contribution is 2.18. The van der Waals surface area contributed by atoms with Crippen LogP contribution in [0.4, 0.5) is 10.1 Å². The fourth-order valence-corrected chi connectivity index (χ4v) is 2.48. The molecule has 0 heterocycles. The molecule has 0 fully saturated rings. The molecule has 8 nitrogen and oxygen atoms in total. The van der Waals surface area contributed by atoms with Crippen LogP contribution in [-0.4, -0.2) is 43.4 Å². The van der Waals surface area contributed by atoms with E-state index >= 15 is 0 Å². The second-order valence-electron chi connectivity index (χ2n) is 6.44. The summed E-state index contributed by atoms with van der Waals surface area (Å²) in [6.45, 7) is 2.37. The van der Waals surface area contributed by atoms with Crippen molar-refractivity contribution < 1.29 is 28.3 Å². The maximum absolute atomic E-state index is 12.8. The monoisotopic (exact) mass is 415 g/mol. The van der Waals surface area contributed by atoms with Crippen molar-refractivity contribution in [2.45, 2.75) is 13.8 Å². The lowest BCUT2D eigenvalue weighted by molar-refractivity contribution is -0.147. The van der Waals surface area contributed by atoms with Gasteiger partial charge in [-0.3, -0.25) is 19.2 Å². The van der Waals surface area contributed by atoms with Crippen LogP contribution in [0.15, 0.2) is 42.5 Å². The second kappa shape index (κ2) is 10.7. The molecule has 9 heteroatoms. The number of carbonyl (C=O) groups is 4. The van der Waals surface area contributed by atoms with Gasteiger partial charge in [0.2, 0.25) is 5.91 Å². The lowest BCUT2D eigenvalue weighted by atomic mass is 10.1. The molecule has 0 spiro atoms. The lowest BCUT2D eigenvalue weighted by Crippen LogP contribution is -2.37. The Morgan fingerprint density at radius 1 is 0.867 bits per heavy atom. The van der Waals surface area contributed by atoms with E-state index in [-0.39, 0.29) is 12.1 Å². The molecule has 2 aromatic rings. The number of anilines is 1. The van der Waals surface area contributed by atoms with Gasteiger partial charge in [-0.1, -0.05) is 18.2 Å². The molecule has 2 rings (SSSR count). The number of nitrogens with one attached hydrogen (secondary N) is 3. The van der Waals surface area contributed by atoms with E-state index in [1.54, 1.807) is 0 Å². The predicted octanol–water partition coefficient (Wildman–Crippen LogP) is 1.47. The molecule has 0 bridgehead atoms. The van der Waals surface area contributed by atoms with Gasteiger partial charge in [0.15, 0.2) is 6.61 Å². The average molecular weight is 415 g/mol. The van der Waals surface area contributed by atoms with E-state index in [9.17, 15) is 23.6 Å². The molecule has 0 aromatic heterocycles. The summed E-state index contributed by atoms with van der Waals surface area (Å²) in [4.78, 5) is 47.2. The maximum atomic E-state index is 12.8. The van der Waals surface area contributed by atoms with E-state index in [0.29, 0.717) is 5.69 Å². The Labute approximate surface area is 172 Å². The minimum atomic E-state index is -0.833. The van der Waals surface area contributed by atoms with Gasteiger partial charge in [-0.15, -0.1) is 0 Å². The fourth-order valence-electron chi connectivity index (χ4n) is 2.48. The van der Waals surface area contributed by atoms with Crippen molar-refractivity contribution in [2.75, 3.05) is 25.0 Å². The zero-order chi connectivity index (χ0) is 22.1. The van der Waals surface area contributed by atoms with Crippen LogP contribution in [0.25, 0.3) is 0 Å². The quantitative estimate of drug-likeness (QED) is 0.565. The Kier molecular flexibility index (Phi) is 8.04. The maximum Gasteiger partial charge on any atom is 0.325 e. The van der Waals surface area contributed by atoms with E-state index in [0.717, 1.165) is 23.3 Å². The topological polar surface area (TPSA) is 114 Å². The third kappa shape index (κ3) is 7.01. The molecule has 0 saturated heterocycles. The van der Waals surface area contributed by atoms with Gasteiger partial charge >= 0.3 is 5.97 Å². The molecule has 2 aromatic carbocycles. The number of amides is 3. The van der Waals surface area contributed by atoms with Crippen LogP contribution in [0.1, 0.15) is 21.5 Å². The van der Waals surface area contributed by atoms with Crippen LogP contribution in [0.5, 0.6) is 0 Å². The number of hydrogen-bond acceptors (Lipinski definition) is 5. The first-order chi connectivity index (χ1) is 14.3. The van der Waals surface area contributed by atoms with E-state index in [4.69, 9.17) is 4.74 Å². The van der Waals surface area contributed by atoms with Crippen molar-refractivity contribution in [1.29, 1.82) is 0 Å². The number of halogens is 1. The van der Waals surface area contributed by atoms with Gasteiger partial charge < -0.3 is 20.7 Å². The summed E-state index contributed by atoms with van der Waals surface area (Å²) in [6, 6.07) is 10.4. The second-order valence-corrected chi connectivity index (χ2v) is 6.44. The number of hydrogen-bond donors (Lipinski definition) is 3. The highest BCUT2D eigenvalue weighted by Gasteiger charge is 2.12. The highest BCUT2D eigenvalue weighted by atomic mass is 19.1. The average Bonchev–Trinajstić information content (AvgIpc) is 2.72. The smallest absolute Gasteiger partial charge is 0.325 e. The lowest BCUT2D eigenvalue weighted by Gasteiger charge is -2.12. The molecule has 3 N–H and O–H groups in total. The summed E-state index contributed by atoms with van der Waals surface area (Å²) < 4.78 is 17.6. The zero-order valence-electron chi connectivity index (χ0n) is 16.6. The SMILES string of the molecule is Cc1cccc(C)c1NC(=O)CNC(=O)COC(=O)CNC(=O)c1ccc(F)cc1. The number of para-hydroxylation sites is 1. The first-order valence-corrected chi connectivity index (χ1v) is 9.08. The van der Waals surface area contributed by atoms with Crippen molar-refractivity contribution in [2.24, 2.45) is 0 Å². The molecule has 0 aliphatic heterocycles. The summed E-state index contributed by atoms with van der Waals surface area (Å²) in [6.07, 6.45) is 0. The first-order valence-electron chi connectivity index (χ1n) is 9.08. The number of esters is 1. The van der Waals surface area contributed by atoms with Crippen molar-refractivity contribution >= 4 is 29.4 Å². The molecule has 0 aliphatic rings. The minimum Gasteiger partial charge on any atom is -0.454 e. The van der Waals surface area contributed by atoms with Gasteiger partial charge in [-0.25, -0.2) is 4.39 Å². The van der Waals surface area contributed by atoms with Crippen LogP contribution in [0.2, 0.25) is 0 Å². The summed E-state index contributed by atoms with van der Waals surface area (Å²) in [5.41, 5.74) is 2.65. The molecule has 0 unspecified atom stereocenters. The molecule has 30 heavy (non-hydrogen) atoms. The Bertz CT molecular complexity index is 924. The molecule has 158 valence electrons. The third-order valence-corrected chi connectivity index (χ3v) is 4.06. The van der Waals surface area contributed by atoms with Gasteiger partial charge in [-0.05, 0) is 49.2 Å². The van der Waals surface area contributed by atoms with Crippen molar-refractivity contribution in [3.8, 4) is 0 Å². The van der Waals surface area contributed by atoms with Gasteiger partial charge in [0.25, 0.3) is 11.8 Å². The van der Waals surface area contributed by atoms with Gasteiger partial charge in [0.1, 0.15) is 12.4 Å². The third-order valence-electron chi connectivity index (χ3n) is 4.06. The van der Waals surface area contributed by atoms with Crippen molar-refractivity contribution in [3.63, 3.8) is 0 Å². The molecule has 3 amide bonds. The molecule has 0 radical (unpaired) electrons. The number of benzene rings is 2. The van der Waals surface area contributed by atoms with Crippen LogP contribution in [0, 0.1) is 19.7 Å². The van der Waals surface area contributed by atoms with Crippen molar-refractivity contribution in [3.05, 3.63) is 65.0 Å². The Balaban J connectivity index is 1.67. The van der Waals surface area contributed by atoms with Crippen LogP contribution < -0.4 is 16.0 Å². The Morgan fingerprint density at radius 3 is 2.13 bits per heavy atom. The van der Waals surface area contributed by atoms with Gasteiger partial charge in [0, 0.05) is 11.3 Å². The van der Waals surface area contributed by atoms with E-state index in [1.165, 1.54) is 12.1 Å². The molecule has 0 aliphatic carbocycles. The molecule has 0 atom stereocenters. The Hall–Kier alpha value is -3.75. The normalized spacial score (nSPS) is 10.1. The summed E-state index contributed by atoms with van der Waals surface area (Å²) in [5.74, 6) is -2.98. The van der Waals surface area contributed by atoms with Crippen LogP contribution in [-0.2, 0) is 19.1 Å². The standard InChI is InChI=1S/C21H22FN3O5/c1-13-4-3-5-14(2)20(13)25-17(26)10-23-18(27)12-30-19(28)11-24-21(29)15-6-8-16(22)9-7-15/h3-9H,10-12H2,1-2H3,(H,23,27)(H,24,29)(H,25,26). The van der Waals surface area contributed by atoms with E-state index in [2.05, 4.69) is 16.0 Å². The number of aryl methyl sites for hydroxylation is 2. The number of carbonyl (C=O) groups excluding carboxylic acids is 4. The summed E-state index contributed by atoms with van der Waals surface area (Å²) in [7, 11) is 0. The molecule has 0 saturated carbocycles. The van der Waals surface area contributed by atoms with Gasteiger partial charge in [-0.2, -0.15) is 0 Å². The van der Waals surface area contributed by atoms with Crippen LogP contribution in [0.3, 0.4) is 0 Å². The fraction of sp³-hybridized carbons (Fsp3) is 0.238. The zero-order valence-corrected chi connectivity index (χ0v) is 16.6. The van der Waals surface area contributed by atoms with E-state index in [1.807, 2.05) is 32.0 Å². The molecular formula is C21H22FN3O5. The number of rotatable bonds is 8. The minimum absolute atomic E-state index is 0.178. The largest absolute Gasteiger partial charge is 0.454 e. The Morgan fingerprint density at radius 2 is 1.50 bits per heavy atom.